The molecule has 2 amide bonds. The van der Waals surface area contributed by atoms with Crippen LogP contribution in [-0.2, 0) is 32.6 Å². The average Bonchev–Trinajstić information content (AvgIpc) is 2.91. The number of sulfonamides is 1. The molecule has 0 aromatic heterocycles. The summed E-state index contributed by atoms with van der Waals surface area (Å²) < 4.78 is 29.0. The summed E-state index contributed by atoms with van der Waals surface area (Å²) in [6.07, 6.45) is 0.577. The predicted octanol–water partition coefficient (Wildman–Crippen LogP) is 4.96. The third kappa shape index (κ3) is 6.94. The van der Waals surface area contributed by atoms with E-state index >= 15 is 0 Å². The van der Waals surface area contributed by atoms with Crippen molar-refractivity contribution in [1.29, 1.82) is 0 Å². The van der Waals surface area contributed by atoms with Gasteiger partial charge in [-0.3, -0.25) is 13.9 Å². The number of anilines is 1. The summed E-state index contributed by atoms with van der Waals surface area (Å²) >= 11 is 6.03. The molecule has 3 aromatic carbocycles. The van der Waals surface area contributed by atoms with Gasteiger partial charge in [0.2, 0.25) is 11.8 Å². The molecular formula is C29H34ClN3O4S. The molecule has 0 saturated heterocycles. The van der Waals surface area contributed by atoms with E-state index in [-0.39, 0.29) is 17.3 Å². The van der Waals surface area contributed by atoms with E-state index in [4.69, 9.17) is 11.6 Å². The Morgan fingerprint density at radius 1 is 0.947 bits per heavy atom. The molecule has 0 heterocycles. The second kappa shape index (κ2) is 12.9. The van der Waals surface area contributed by atoms with Crippen LogP contribution in [0, 0.1) is 6.92 Å². The van der Waals surface area contributed by atoms with Gasteiger partial charge < -0.3 is 10.2 Å². The van der Waals surface area contributed by atoms with E-state index in [9.17, 15) is 18.0 Å². The fraction of sp³-hybridized carbons (Fsp3) is 0.310. The van der Waals surface area contributed by atoms with Crippen LogP contribution in [0.3, 0.4) is 0 Å². The van der Waals surface area contributed by atoms with Crippen LogP contribution < -0.4 is 9.62 Å². The van der Waals surface area contributed by atoms with Crippen LogP contribution in [0.5, 0.6) is 0 Å². The van der Waals surface area contributed by atoms with Gasteiger partial charge in [0.25, 0.3) is 10.0 Å². The van der Waals surface area contributed by atoms with Crippen molar-refractivity contribution in [1.82, 2.24) is 10.2 Å². The first-order valence-electron chi connectivity index (χ1n) is 12.6. The molecule has 9 heteroatoms. The van der Waals surface area contributed by atoms with E-state index in [1.54, 1.807) is 74.5 Å². The minimum absolute atomic E-state index is 0.0860. The summed E-state index contributed by atoms with van der Waals surface area (Å²) in [5.74, 6) is -0.822. The number of likely N-dealkylation sites (N-methyl/N-ethyl adjacent to an activating group) is 1. The van der Waals surface area contributed by atoms with Crippen LogP contribution in [-0.4, -0.2) is 44.3 Å². The lowest BCUT2D eigenvalue weighted by molar-refractivity contribution is -0.139. The number of benzene rings is 3. The molecule has 0 radical (unpaired) electrons. The monoisotopic (exact) mass is 555 g/mol. The fourth-order valence-electron chi connectivity index (χ4n) is 4.09. The number of aryl methyl sites for hydroxylation is 2. The number of para-hydroxylation sites is 1. The normalized spacial score (nSPS) is 12.0. The summed E-state index contributed by atoms with van der Waals surface area (Å²) in [6, 6.07) is 19.8. The third-order valence-electron chi connectivity index (χ3n) is 6.31. The average molecular weight is 556 g/mol. The number of carbonyl (C=O) groups excluding carboxylic acids is 2. The number of carbonyl (C=O) groups is 2. The second-order valence-corrected chi connectivity index (χ2v) is 11.3. The summed E-state index contributed by atoms with van der Waals surface area (Å²) in [5.41, 5.74) is 2.91. The largest absolute Gasteiger partial charge is 0.355 e. The smallest absolute Gasteiger partial charge is 0.264 e. The maximum atomic E-state index is 13.9. The Labute approximate surface area is 230 Å². The third-order valence-corrected chi connectivity index (χ3v) is 8.34. The molecule has 0 unspecified atom stereocenters. The van der Waals surface area contributed by atoms with Crippen LogP contribution in [0.2, 0.25) is 5.02 Å². The number of nitrogens with one attached hydrogen (secondary N) is 1. The highest BCUT2D eigenvalue weighted by atomic mass is 35.5. The van der Waals surface area contributed by atoms with Crippen LogP contribution in [0.4, 0.5) is 5.69 Å². The lowest BCUT2D eigenvalue weighted by Crippen LogP contribution is -2.51. The number of amides is 2. The topological polar surface area (TPSA) is 86.8 Å². The fourth-order valence-corrected chi connectivity index (χ4v) is 5.67. The minimum atomic E-state index is -4.10. The molecule has 3 aromatic rings. The molecule has 7 nitrogen and oxygen atoms in total. The highest BCUT2D eigenvalue weighted by molar-refractivity contribution is 7.92. The molecule has 0 spiro atoms. The lowest BCUT2D eigenvalue weighted by atomic mass is 10.1. The van der Waals surface area contributed by atoms with Crippen molar-refractivity contribution < 1.29 is 18.0 Å². The molecule has 1 atom stereocenters. The number of halogens is 1. The maximum absolute atomic E-state index is 13.9. The molecule has 1 N–H and O–H groups in total. The van der Waals surface area contributed by atoms with Crippen molar-refractivity contribution in [3.05, 3.63) is 94.5 Å². The number of hydrogen-bond acceptors (Lipinski definition) is 4. The molecule has 0 fully saturated rings. The minimum Gasteiger partial charge on any atom is -0.355 e. The van der Waals surface area contributed by atoms with E-state index < -0.39 is 28.5 Å². The van der Waals surface area contributed by atoms with Crippen molar-refractivity contribution in [3.8, 4) is 0 Å². The summed E-state index contributed by atoms with van der Waals surface area (Å²) in [4.78, 5) is 28.2. The van der Waals surface area contributed by atoms with Crippen molar-refractivity contribution in [2.75, 3.05) is 17.4 Å². The van der Waals surface area contributed by atoms with Gasteiger partial charge in [0, 0.05) is 18.1 Å². The van der Waals surface area contributed by atoms with E-state index in [0.29, 0.717) is 23.7 Å². The number of hydrogen-bond donors (Lipinski definition) is 1. The summed E-state index contributed by atoms with van der Waals surface area (Å²) in [5, 5.41) is 3.31. The summed E-state index contributed by atoms with van der Waals surface area (Å²) in [6.45, 7) is 7.30. The van der Waals surface area contributed by atoms with Crippen molar-refractivity contribution in [2.24, 2.45) is 0 Å². The molecular weight excluding hydrogens is 522 g/mol. The molecule has 0 saturated carbocycles. The molecule has 0 bridgehead atoms. The van der Waals surface area contributed by atoms with E-state index in [2.05, 4.69) is 5.32 Å². The van der Waals surface area contributed by atoms with Crippen LogP contribution >= 0.6 is 11.6 Å². The van der Waals surface area contributed by atoms with Crippen LogP contribution in [0.1, 0.15) is 37.5 Å². The van der Waals surface area contributed by atoms with E-state index in [1.807, 2.05) is 26.0 Å². The predicted molar refractivity (Wildman–Crippen MR) is 152 cm³/mol. The SMILES string of the molecule is CCNC(=O)[C@H](C)N(Cc1ccc(Cl)cc1)C(=O)CN(c1ccccc1CC)S(=O)(=O)c1ccc(C)cc1. The number of rotatable bonds is 11. The Hall–Kier alpha value is -3.36. The van der Waals surface area contributed by atoms with Crippen LogP contribution in [0.15, 0.2) is 77.7 Å². The van der Waals surface area contributed by atoms with Gasteiger partial charge in [-0.15, -0.1) is 0 Å². The molecule has 38 heavy (non-hydrogen) atoms. The first kappa shape index (κ1) is 29.2. The van der Waals surface area contributed by atoms with Crippen LogP contribution in [0.25, 0.3) is 0 Å². The Morgan fingerprint density at radius 2 is 1.58 bits per heavy atom. The Bertz CT molecular complexity index is 1360. The second-order valence-electron chi connectivity index (χ2n) is 9.03. The molecule has 0 aliphatic rings. The van der Waals surface area contributed by atoms with E-state index in [1.165, 1.54) is 4.90 Å². The Morgan fingerprint density at radius 3 is 2.18 bits per heavy atom. The van der Waals surface area contributed by atoms with E-state index in [0.717, 1.165) is 21.0 Å². The first-order valence-corrected chi connectivity index (χ1v) is 14.4. The highest BCUT2D eigenvalue weighted by Crippen LogP contribution is 2.28. The summed E-state index contributed by atoms with van der Waals surface area (Å²) in [7, 11) is -4.10. The van der Waals surface area contributed by atoms with Gasteiger partial charge in [-0.1, -0.05) is 66.6 Å². The Balaban J connectivity index is 2.06. The standard InChI is InChI=1S/C29H34ClN3O4S/c1-5-24-9-7-8-10-27(24)33(38(36,37)26-17-11-21(3)12-18-26)20-28(34)32(22(4)29(35)31-6-2)19-23-13-15-25(30)16-14-23/h7-18,22H,5-6,19-20H2,1-4H3,(H,31,35)/t22-/m0/s1. The zero-order valence-corrected chi connectivity index (χ0v) is 23.7. The van der Waals surface area contributed by atoms with Gasteiger partial charge in [-0.25, -0.2) is 8.42 Å². The Kier molecular flexibility index (Phi) is 9.94. The van der Waals surface area contributed by atoms with Gasteiger partial charge >= 0.3 is 0 Å². The highest BCUT2D eigenvalue weighted by Gasteiger charge is 2.33. The quantitative estimate of drug-likeness (QED) is 0.362. The van der Waals surface area contributed by atoms with Gasteiger partial charge in [-0.2, -0.15) is 0 Å². The zero-order chi connectivity index (χ0) is 27.9. The molecule has 0 aliphatic carbocycles. The molecule has 3 rings (SSSR count). The maximum Gasteiger partial charge on any atom is 0.264 e. The van der Waals surface area contributed by atoms with Gasteiger partial charge in [0.1, 0.15) is 12.6 Å². The molecule has 0 aliphatic heterocycles. The lowest BCUT2D eigenvalue weighted by Gasteiger charge is -2.32. The molecule has 202 valence electrons. The first-order chi connectivity index (χ1) is 18.1. The number of nitrogens with zero attached hydrogens (tertiary/aromatic N) is 2. The van der Waals surface area contributed by atoms with Gasteiger partial charge in [-0.05, 0) is 68.7 Å². The van der Waals surface area contributed by atoms with Gasteiger partial charge in [0.15, 0.2) is 0 Å². The van der Waals surface area contributed by atoms with Crippen molar-refractivity contribution in [2.45, 2.75) is 51.6 Å². The zero-order valence-electron chi connectivity index (χ0n) is 22.1. The van der Waals surface area contributed by atoms with Gasteiger partial charge in [0.05, 0.1) is 10.6 Å². The van der Waals surface area contributed by atoms with Crippen molar-refractivity contribution in [3.63, 3.8) is 0 Å². The van der Waals surface area contributed by atoms with Crippen molar-refractivity contribution >= 4 is 39.1 Å².